The Morgan fingerprint density at radius 1 is 1.26 bits per heavy atom. The Balaban J connectivity index is 2.43. The number of anilines is 2. The van der Waals surface area contributed by atoms with Gasteiger partial charge in [0, 0.05) is 19.3 Å². The van der Waals surface area contributed by atoms with Crippen LogP contribution in [0.1, 0.15) is 18.2 Å². The van der Waals surface area contributed by atoms with Gasteiger partial charge in [-0.05, 0) is 36.2 Å². The van der Waals surface area contributed by atoms with Crippen LogP contribution in [0.25, 0.3) is 0 Å². The van der Waals surface area contributed by atoms with Gasteiger partial charge in [0.05, 0.1) is 5.69 Å². The smallest absolute Gasteiger partial charge is 0.146 e. The molecule has 0 aliphatic carbocycles. The maximum Gasteiger partial charge on any atom is 0.146 e. The third-order valence-corrected chi connectivity index (χ3v) is 3.08. The molecule has 4 heteroatoms. The lowest BCUT2D eigenvalue weighted by Gasteiger charge is -2.20. The molecular formula is C15H18FN3. The Labute approximate surface area is 112 Å². The number of pyridine rings is 1. The molecule has 0 bridgehead atoms. The number of aromatic nitrogens is 1. The van der Waals surface area contributed by atoms with Crippen molar-refractivity contribution in [2.45, 2.75) is 19.9 Å². The van der Waals surface area contributed by atoms with E-state index in [0.29, 0.717) is 18.1 Å². The summed E-state index contributed by atoms with van der Waals surface area (Å²) in [6.07, 6.45) is 0.825. The number of nitrogens with zero attached hydrogens (tertiary/aromatic N) is 2. The van der Waals surface area contributed by atoms with Crippen LogP contribution >= 0.6 is 0 Å². The molecule has 0 atom stereocenters. The van der Waals surface area contributed by atoms with E-state index in [1.807, 2.05) is 25.1 Å². The van der Waals surface area contributed by atoms with Crippen molar-refractivity contribution in [1.29, 1.82) is 0 Å². The minimum Gasteiger partial charge on any atom is -0.327 e. The van der Waals surface area contributed by atoms with Gasteiger partial charge in [-0.2, -0.15) is 0 Å². The number of hydrogen-bond donors (Lipinski definition) is 1. The first-order valence-electron chi connectivity index (χ1n) is 6.34. The van der Waals surface area contributed by atoms with Crippen LogP contribution in [0.2, 0.25) is 0 Å². The molecule has 0 spiro atoms. The summed E-state index contributed by atoms with van der Waals surface area (Å²) in [4.78, 5) is 6.26. The van der Waals surface area contributed by atoms with Gasteiger partial charge >= 0.3 is 0 Å². The second kappa shape index (κ2) is 5.80. The normalized spacial score (nSPS) is 10.5. The molecule has 100 valence electrons. The fraction of sp³-hybridized carbons (Fsp3) is 0.267. The number of benzene rings is 1. The first-order valence-corrected chi connectivity index (χ1v) is 6.34. The van der Waals surface area contributed by atoms with Crippen LogP contribution in [0, 0.1) is 5.82 Å². The van der Waals surface area contributed by atoms with Crippen LogP contribution in [0.4, 0.5) is 15.9 Å². The van der Waals surface area contributed by atoms with E-state index < -0.39 is 0 Å². The van der Waals surface area contributed by atoms with Gasteiger partial charge in [0.1, 0.15) is 11.6 Å². The number of nitrogens with two attached hydrogens (primary N) is 1. The van der Waals surface area contributed by atoms with Gasteiger partial charge in [-0.15, -0.1) is 0 Å². The zero-order valence-corrected chi connectivity index (χ0v) is 11.2. The molecule has 2 aromatic rings. The first kappa shape index (κ1) is 13.5. The third kappa shape index (κ3) is 2.90. The number of aryl methyl sites for hydroxylation is 1. The van der Waals surface area contributed by atoms with E-state index in [-0.39, 0.29) is 5.82 Å². The zero-order chi connectivity index (χ0) is 13.8. The molecule has 1 heterocycles. The molecule has 0 saturated heterocycles. The number of hydrogen-bond acceptors (Lipinski definition) is 3. The molecule has 2 rings (SSSR count). The van der Waals surface area contributed by atoms with Crippen molar-refractivity contribution in [2.75, 3.05) is 11.9 Å². The monoisotopic (exact) mass is 259 g/mol. The first-order chi connectivity index (χ1) is 9.15. The predicted molar refractivity (Wildman–Crippen MR) is 76.0 cm³/mol. The summed E-state index contributed by atoms with van der Waals surface area (Å²) >= 11 is 0. The van der Waals surface area contributed by atoms with E-state index in [4.69, 9.17) is 5.73 Å². The van der Waals surface area contributed by atoms with Crippen LogP contribution < -0.4 is 10.6 Å². The summed E-state index contributed by atoms with van der Waals surface area (Å²) in [7, 11) is 1.81. The maximum atomic E-state index is 13.8. The number of rotatable bonds is 4. The highest BCUT2D eigenvalue weighted by Gasteiger charge is 2.11. The van der Waals surface area contributed by atoms with Crippen LogP contribution in [0.15, 0.2) is 36.4 Å². The van der Waals surface area contributed by atoms with Crippen molar-refractivity contribution < 1.29 is 4.39 Å². The largest absolute Gasteiger partial charge is 0.327 e. The Kier molecular flexibility index (Phi) is 4.12. The standard InChI is InChI=1S/C15H18FN3/c1-3-12-8-11(10-17)9-15(18-12)19(2)14-7-5-4-6-13(14)16/h4-9H,3,10,17H2,1-2H3. The third-order valence-electron chi connectivity index (χ3n) is 3.08. The van der Waals surface area contributed by atoms with Crippen molar-refractivity contribution in [3.63, 3.8) is 0 Å². The Hall–Kier alpha value is -1.94. The molecule has 2 N–H and O–H groups in total. The average Bonchev–Trinajstić information content (AvgIpc) is 2.46. The van der Waals surface area contributed by atoms with Gasteiger partial charge in [-0.25, -0.2) is 9.37 Å². The molecule has 0 aliphatic rings. The predicted octanol–water partition coefficient (Wildman–Crippen LogP) is 3.01. The fourth-order valence-corrected chi connectivity index (χ4v) is 1.95. The van der Waals surface area contributed by atoms with E-state index in [1.54, 1.807) is 24.1 Å². The Bertz CT molecular complexity index is 547. The second-order valence-electron chi connectivity index (χ2n) is 4.39. The summed E-state index contributed by atoms with van der Waals surface area (Å²) in [6.45, 7) is 2.49. The summed E-state index contributed by atoms with van der Waals surface area (Å²) in [5.41, 5.74) is 8.16. The van der Waals surface area contributed by atoms with Gasteiger partial charge in [0.2, 0.25) is 0 Å². The SMILES string of the molecule is CCc1cc(CN)cc(N(C)c2ccccc2F)n1. The molecule has 0 unspecified atom stereocenters. The second-order valence-corrected chi connectivity index (χ2v) is 4.39. The molecule has 0 fully saturated rings. The van der Waals surface area contributed by atoms with Gasteiger partial charge in [-0.1, -0.05) is 19.1 Å². The highest BCUT2D eigenvalue weighted by atomic mass is 19.1. The molecule has 0 radical (unpaired) electrons. The number of para-hydroxylation sites is 1. The fourth-order valence-electron chi connectivity index (χ4n) is 1.95. The Morgan fingerprint density at radius 3 is 2.63 bits per heavy atom. The molecule has 1 aromatic carbocycles. The molecular weight excluding hydrogens is 241 g/mol. The molecule has 19 heavy (non-hydrogen) atoms. The lowest BCUT2D eigenvalue weighted by molar-refractivity contribution is 0.627. The van der Waals surface area contributed by atoms with Crippen LogP contribution in [0.3, 0.4) is 0 Å². The van der Waals surface area contributed by atoms with E-state index in [9.17, 15) is 4.39 Å². The summed E-state index contributed by atoms with van der Waals surface area (Å²) < 4.78 is 13.8. The van der Waals surface area contributed by atoms with Crippen molar-refractivity contribution >= 4 is 11.5 Å². The highest BCUT2D eigenvalue weighted by molar-refractivity contribution is 5.60. The maximum absolute atomic E-state index is 13.8. The van der Waals surface area contributed by atoms with E-state index >= 15 is 0 Å². The van der Waals surface area contributed by atoms with E-state index in [1.165, 1.54) is 6.07 Å². The minimum atomic E-state index is -0.261. The average molecular weight is 259 g/mol. The topological polar surface area (TPSA) is 42.1 Å². The van der Waals surface area contributed by atoms with E-state index in [2.05, 4.69) is 4.98 Å². The van der Waals surface area contributed by atoms with Crippen LogP contribution in [0.5, 0.6) is 0 Å². The molecule has 0 amide bonds. The zero-order valence-electron chi connectivity index (χ0n) is 11.2. The summed E-state index contributed by atoms with van der Waals surface area (Å²) in [5.74, 6) is 0.452. The van der Waals surface area contributed by atoms with Gasteiger partial charge in [0.25, 0.3) is 0 Å². The molecule has 3 nitrogen and oxygen atoms in total. The highest BCUT2D eigenvalue weighted by Crippen LogP contribution is 2.25. The van der Waals surface area contributed by atoms with Gasteiger partial charge in [-0.3, -0.25) is 0 Å². The van der Waals surface area contributed by atoms with Gasteiger partial charge < -0.3 is 10.6 Å². The number of halogens is 1. The van der Waals surface area contributed by atoms with Crippen LogP contribution in [-0.4, -0.2) is 12.0 Å². The minimum absolute atomic E-state index is 0.261. The van der Waals surface area contributed by atoms with Gasteiger partial charge in [0.15, 0.2) is 0 Å². The molecule has 1 aromatic heterocycles. The molecule has 0 aliphatic heterocycles. The van der Waals surface area contributed by atoms with Crippen molar-refractivity contribution in [3.8, 4) is 0 Å². The lowest BCUT2D eigenvalue weighted by Crippen LogP contribution is -2.14. The lowest BCUT2D eigenvalue weighted by atomic mass is 10.2. The summed E-state index contributed by atoms with van der Waals surface area (Å²) in [6, 6.07) is 10.5. The Morgan fingerprint density at radius 2 is 2.00 bits per heavy atom. The van der Waals surface area contributed by atoms with Crippen molar-refractivity contribution in [2.24, 2.45) is 5.73 Å². The summed E-state index contributed by atoms with van der Waals surface area (Å²) in [5, 5.41) is 0. The van der Waals surface area contributed by atoms with Crippen LogP contribution in [-0.2, 0) is 13.0 Å². The van der Waals surface area contributed by atoms with E-state index in [0.717, 1.165) is 17.7 Å². The molecule has 0 saturated carbocycles. The van der Waals surface area contributed by atoms with Crippen molar-refractivity contribution in [3.05, 3.63) is 53.5 Å². The van der Waals surface area contributed by atoms with Crippen molar-refractivity contribution in [1.82, 2.24) is 4.98 Å². The quantitative estimate of drug-likeness (QED) is 0.917.